The van der Waals surface area contributed by atoms with Crippen LogP contribution in [0.1, 0.15) is 21.6 Å². The van der Waals surface area contributed by atoms with Gasteiger partial charge in [-0.3, -0.25) is 9.48 Å². The number of aryl methyl sites for hydroxylation is 3. The molecule has 9 heteroatoms. The molecule has 4 rings (SSSR count). The van der Waals surface area contributed by atoms with Crippen LogP contribution in [0.3, 0.4) is 0 Å². The molecule has 0 radical (unpaired) electrons. The van der Waals surface area contributed by atoms with E-state index in [0.717, 1.165) is 15.4 Å². The quantitative estimate of drug-likeness (QED) is 0.486. The molecule has 4 aromatic rings. The van der Waals surface area contributed by atoms with E-state index in [4.69, 9.17) is 4.98 Å². The Morgan fingerprint density at radius 3 is 2.39 bits per heavy atom. The minimum atomic E-state index is -3.64. The van der Waals surface area contributed by atoms with Crippen molar-refractivity contribution in [2.75, 3.05) is 19.4 Å². The molecule has 0 spiro atoms. The Balaban J connectivity index is 1.83. The van der Waals surface area contributed by atoms with Gasteiger partial charge in [-0.15, -0.1) is 0 Å². The first-order chi connectivity index (χ1) is 15.6. The maximum Gasteiger partial charge on any atom is 0.256 e. The monoisotopic (exact) mass is 463 g/mol. The van der Waals surface area contributed by atoms with Crippen LogP contribution in [0.4, 0.5) is 5.69 Å². The van der Waals surface area contributed by atoms with Crippen LogP contribution in [-0.4, -0.2) is 47.5 Å². The Morgan fingerprint density at radius 1 is 1.03 bits per heavy atom. The number of nitrogens with zero attached hydrogens (tertiary/aromatic N) is 4. The van der Waals surface area contributed by atoms with Crippen LogP contribution in [0.2, 0.25) is 0 Å². The van der Waals surface area contributed by atoms with E-state index in [1.165, 1.54) is 26.2 Å². The Morgan fingerprint density at radius 2 is 1.73 bits per heavy atom. The van der Waals surface area contributed by atoms with Gasteiger partial charge < -0.3 is 5.32 Å². The molecule has 0 fully saturated rings. The highest BCUT2D eigenvalue weighted by atomic mass is 32.2. The Bertz CT molecular complexity index is 1480. The molecule has 2 heterocycles. The average Bonchev–Trinajstić information content (AvgIpc) is 3.08. The third-order valence-electron chi connectivity index (χ3n) is 5.52. The minimum absolute atomic E-state index is 0.107. The summed E-state index contributed by atoms with van der Waals surface area (Å²) in [6.45, 7) is 3.65. The summed E-state index contributed by atoms with van der Waals surface area (Å²) < 4.78 is 27.9. The summed E-state index contributed by atoms with van der Waals surface area (Å²) in [7, 11) is 1.09. The van der Waals surface area contributed by atoms with E-state index >= 15 is 0 Å². The fraction of sp³-hybridized carbons (Fsp3) is 0.208. The van der Waals surface area contributed by atoms with Crippen LogP contribution in [0, 0.1) is 13.8 Å². The number of pyridine rings is 1. The van der Waals surface area contributed by atoms with Gasteiger partial charge in [0.15, 0.2) is 5.65 Å². The number of aromatic nitrogens is 3. The van der Waals surface area contributed by atoms with Crippen molar-refractivity contribution >= 4 is 32.7 Å². The van der Waals surface area contributed by atoms with Gasteiger partial charge in [-0.2, -0.15) is 5.10 Å². The molecule has 0 saturated carbocycles. The van der Waals surface area contributed by atoms with Crippen LogP contribution >= 0.6 is 0 Å². The molecule has 33 heavy (non-hydrogen) atoms. The van der Waals surface area contributed by atoms with Gasteiger partial charge in [-0.25, -0.2) is 17.7 Å². The van der Waals surface area contributed by atoms with Crippen molar-refractivity contribution in [1.29, 1.82) is 0 Å². The lowest BCUT2D eigenvalue weighted by Crippen LogP contribution is -2.22. The van der Waals surface area contributed by atoms with Crippen LogP contribution in [0.25, 0.3) is 22.3 Å². The summed E-state index contributed by atoms with van der Waals surface area (Å²) in [4.78, 5) is 18.3. The number of carbonyl (C=O) groups excluding carboxylic acids is 1. The first-order valence-electron chi connectivity index (χ1n) is 10.3. The summed E-state index contributed by atoms with van der Waals surface area (Å²) in [6.07, 6.45) is 0. The van der Waals surface area contributed by atoms with Crippen molar-refractivity contribution in [3.05, 3.63) is 71.4 Å². The number of nitrogens with one attached hydrogen (secondary N) is 1. The average molecular weight is 464 g/mol. The number of amides is 1. The van der Waals surface area contributed by atoms with Gasteiger partial charge in [0.1, 0.15) is 0 Å². The van der Waals surface area contributed by atoms with Crippen molar-refractivity contribution in [2.24, 2.45) is 7.05 Å². The number of anilines is 1. The summed E-state index contributed by atoms with van der Waals surface area (Å²) in [5.41, 5.74) is 4.41. The van der Waals surface area contributed by atoms with E-state index in [0.29, 0.717) is 33.7 Å². The number of hydrogen-bond donors (Lipinski definition) is 1. The lowest BCUT2D eigenvalue weighted by Gasteiger charge is -2.15. The minimum Gasteiger partial charge on any atom is -0.322 e. The van der Waals surface area contributed by atoms with Crippen molar-refractivity contribution in [2.45, 2.75) is 18.7 Å². The molecule has 0 atom stereocenters. The molecule has 0 unspecified atom stereocenters. The highest BCUT2D eigenvalue weighted by Crippen LogP contribution is 2.28. The van der Waals surface area contributed by atoms with Gasteiger partial charge in [0.05, 0.1) is 27.2 Å². The first kappa shape index (κ1) is 22.6. The molecule has 0 aliphatic rings. The predicted octanol–water partition coefficient (Wildman–Crippen LogP) is 3.75. The molecule has 8 nitrogen and oxygen atoms in total. The number of hydrogen-bond acceptors (Lipinski definition) is 5. The van der Waals surface area contributed by atoms with Gasteiger partial charge in [0, 0.05) is 32.4 Å². The van der Waals surface area contributed by atoms with Crippen molar-refractivity contribution in [3.8, 4) is 11.3 Å². The second-order valence-electron chi connectivity index (χ2n) is 8.05. The second-order valence-corrected chi connectivity index (χ2v) is 10.2. The van der Waals surface area contributed by atoms with Crippen LogP contribution < -0.4 is 5.32 Å². The molecule has 0 aliphatic carbocycles. The Hall–Kier alpha value is -3.56. The number of fused-ring (bicyclic) bond motifs is 1. The fourth-order valence-electron chi connectivity index (χ4n) is 3.68. The van der Waals surface area contributed by atoms with Gasteiger partial charge in [0.25, 0.3) is 5.91 Å². The van der Waals surface area contributed by atoms with Gasteiger partial charge >= 0.3 is 0 Å². The SMILES string of the molecule is Cc1ccc(S(=O)(=O)N(C)C)cc1NC(=O)c1cc(-c2ccccc2)nc2c1c(C)nn2C. The zero-order valence-electron chi connectivity index (χ0n) is 19.1. The van der Waals surface area contributed by atoms with Crippen LogP contribution in [-0.2, 0) is 17.1 Å². The summed E-state index contributed by atoms with van der Waals surface area (Å²) >= 11 is 0. The van der Waals surface area contributed by atoms with Gasteiger partial charge in [-0.1, -0.05) is 36.4 Å². The zero-order valence-corrected chi connectivity index (χ0v) is 19.9. The molecular formula is C24H25N5O3S. The van der Waals surface area contributed by atoms with Gasteiger partial charge in [0.2, 0.25) is 10.0 Å². The van der Waals surface area contributed by atoms with Crippen molar-refractivity contribution in [1.82, 2.24) is 19.1 Å². The number of rotatable bonds is 5. The number of benzene rings is 2. The standard InChI is InChI=1S/C24H25N5O3S/c1-15-11-12-18(33(31,32)28(3)4)13-20(15)26-24(30)19-14-21(17-9-7-6-8-10-17)25-23-22(19)16(2)27-29(23)5/h6-14H,1-5H3,(H,26,30). The third kappa shape index (κ3) is 4.12. The topological polar surface area (TPSA) is 97.2 Å². The van der Waals surface area contributed by atoms with E-state index in [1.54, 1.807) is 23.9 Å². The maximum atomic E-state index is 13.5. The highest BCUT2D eigenvalue weighted by Gasteiger charge is 2.22. The molecule has 2 aromatic carbocycles. The second kappa shape index (κ2) is 8.42. The maximum absolute atomic E-state index is 13.5. The molecule has 0 bridgehead atoms. The molecule has 1 N–H and O–H groups in total. The van der Waals surface area contributed by atoms with E-state index in [1.807, 2.05) is 44.2 Å². The molecule has 1 amide bonds. The normalized spacial score (nSPS) is 11.8. The number of sulfonamides is 1. The van der Waals surface area contributed by atoms with E-state index < -0.39 is 10.0 Å². The Labute approximate surface area is 192 Å². The third-order valence-corrected chi connectivity index (χ3v) is 7.33. The summed E-state index contributed by atoms with van der Waals surface area (Å²) in [6, 6.07) is 16.0. The van der Waals surface area contributed by atoms with Gasteiger partial charge in [-0.05, 0) is 37.6 Å². The first-order valence-corrected chi connectivity index (χ1v) is 11.8. The largest absolute Gasteiger partial charge is 0.322 e. The Kier molecular flexibility index (Phi) is 5.77. The van der Waals surface area contributed by atoms with Crippen LogP contribution in [0.15, 0.2) is 59.5 Å². The van der Waals surface area contributed by atoms with E-state index in [-0.39, 0.29) is 10.8 Å². The molecule has 0 saturated heterocycles. The molecule has 2 aromatic heterocycles. The van der Waals surface area contributed by atoms with Crippen molar-refractivity contribution < 1.29 is 13.2 Å². The predicted molar refractivity (Wildman–Crippen MR) is 129 cm³/mol. The zero-order chi connectivity index (χ0) is 23.9. The lowest BCUT2D eigenvalue weighted by atomic mass is 10.0. The lowest BCUT2D eigenvalue weighted by molar-refractivity contribution is 0.102. The summed E-state index contributed by atoms with van der Waals surface area (Å²) in [5.74, 6) is -0.363. The molecular weight excluding hydrogens is 438 g/mol. The summed E-state index contributed by atoms with van der Waals surface area (Å²) in [5, 5.41) is 8.00. The number of carbonyl (C=O) groups is 1. The van der Waals surface area contributed by atoms with E-state index in [2.05, 4.69) is 10.4 Å². The van der Waals surface area contributed by atoms with E-state index in [9.17, 15) is 13.2 Å². The van der Waals surface area contributed by atoms with Crippen LogP contribution in [0.5, 0.6) is 0 Å². The molecule has 170 valence electrons. The smallest absolute Gasteiger partial charge is 0.256 e. The molecule has 0 aliphatic heterocycles. The van der Waals surface area contributed by atoms with Crippen molar-refractivity contribution in [3.63, 3.8) is 0 Å². The highest BCUT2D eigenvalue weighted by molar-refractivity contribution is 7.89. The fourth-order valence-corrected chi connectivity index (χ4v) is 4.61.